The summed E-state index contributed by atoms with van der Waals surface area (Å²) in [6.45, 7) is 14.8. The SMILES string of the molecule is C[C@H](CC[C@@H](O[C@@H]1O[C@H](COC2O[C@H](CO)[C@@H](O)[C@H](O)[C@H]2O)[C@@H](O)[C@H](O)[C@H]1O)C(C)(C)O)C1CC[C@@]2(C)C3CC=C4C(CC[C@H](O[C@@H]5O[C@H](CO)[C@@H](O)[C@H](O)[C@H]5O)C4(C)C)[C@]3(C)[C@H](O)C[C@]12C. The van der Waals surface area contributed by atoms with E-state index >= 15 is 0 Å². The van der Waals surface area contributed by atoms with E-state index in [1.165, 1.54) is 5.57 Å². The summed E-state index contributed by atoms with van der Waals surface area (Å²) in [6, 6.07) is 0. The minimum absolute atomic E-state index is 0.0596. The van der Waals surface area contributed by atoms with Crippen LogP contribution in [0.25, 0.3) is 0 Å². The van der Waals surface area contributed by atoms with Crippen molar-refractivity contribution >= 4 is 0 Å². The van der Waals surface area contributed by atoms with Crippen LogP contribution in [0.3, 0.4) is 0 Å². The average Bonchev–Trinajstić information content (AvgIpc) is 3.54. The van der Waals surface area contributed by atoms with Crippen LogP contribution in [0.1, 0.15) is 107 Å². The summed E-state index contributed by atoms with van der Waals surface area (Å²) in [4.78, 5) is 0. The molecule has 0 spiro atoms. The van der Waals surface area contributed by atoms with Crippen LogP contribution >= 0.6 is 0 Å². The van der Waals surface area contributed by atoms with E-state index in [-0.39, 0.29) is 34.5 Å². The molecule has 0 aromatic rings. The summed E-state index contributed by atoms with van der Waals surface area (Å²) in [6.07, 6.45) is -16.7. The molecule has 67 heavy (non-hydrogen) atoms. The molecule has 0 amide bonds. The van der Waals surface area contributed by atoms with Gasteiger partial charge in [0.15, 0.2) is 18.9 Å². The monoisotopic (exact) mass is 963 g/mol. The van der Waals surface area contributed by atoms with Crippen molar-refractivity contribution in [2.24, 2.45) is 45.3 Å². The van der Waals surface area contributed by atoms with Gasteiger partial charge >= 0.3 is 0 Å². The van der Waals surface area contributed by atoms with Crippen LogP contribution in [0, 0.1) is 45.3 Å². The maximum Gasteiger partial charge on any atom is 0.187 e. The Balaban J connectivity index is 1.01. The Morgan fingerprint density at radius 3 is 1.79 bits per heavy atom. The predicted octanol–water partition coefficient (Wildman–Crippen LogP) is -1.06. The molecule has 388 valence electrons. The largest absolute Gasteiger partial charge is 0.394 e. The molecule has 4 aliphatic carbocycles. The number of aliphatic hydroxyl groups is 13. The van der Waals surface area contributed by atoms with E-state index in [1.54, 1.807) is 13.8 Å². The van der Waals surface area contributed by atoms with E-state index < -0.39 is 147 Å². The van der Waals surface area contributed by atoms with Gasteiger partial charge in [-0.1, -0.05) is 53.2 Å². The summed E-state index contributed by atoms with van der Waals surface area (Å²) in [5, 5.41) is 138. The molecule has 19 heteroatoms. The van der Waals surface area contributed by atoms with Crippen LogP contribution in [-0.2, 0) is 28.4 Å². The van der Waals surface area contributed by atoms with Crippen molar-refractivity contribution < 1.29 is 94.8 Å². The summed E-state index contributed by atoms with van der Waals surface area (Å²) in [5.74, 6) is 0.547. The molecule has 3 aliphatic heterocycles. The third-order valence-electron chi connectivity index (χ3n) is 18.7. The van der Waals surface area contributed by atoms with E-state index in [9.17, 15) is 66.4 Å². The maximum atomic E-state index is 12.6. The second-order valence-corrected chi connectivity index (χ2v) is 23.1. The molecular formula is C48H82O19. The molecule has 6 fully saturated rings. The molecule has 0 aromatic heterocycles. The second-order valence-electron chi connectivity index (χ2n) is 23.1. The zero-order chi connectivity index (χ0) is 49.5. The van der Waals surface area contributed by atoms with Crippen molar-refractivity contribution in [1.82, 2.24) is 0 Å². The standard InChI is InChI=1S/C48H82O19/c1-21(9-13-31(45(4,5)61)67-43-40(60)37(57)34(54)27(65-43)20-62-41-38(58)35(55)32(52)25(18-49)63-41)22-15-16-46(6)28-12-10-23-24(48(28,8)29(51)17-47(22,46)7)11-14-30(44(23,2)3)66-42-39(59)36(56)33(53)26(19-50)64-42/h10,21-22,24-43,49-61H,9,11-20H2,1-8H3/t21-,22?,24?,25-,26-,27-,28?,29-,30+,31-,32-,33-,34-,35+,36+,37+,38-,39-,40-,41?,42+,43+,46+,47-,48+/m1/s1. The zero-order valence-electron chi connectivity index (χ0n) is 40.3. The van der Waals surface area contributed by atoms with E-state index in [0.29, 0.717) is 25.7 Å². The topological polar surface area (TPSA) is 318 Å². The Hall–Kier alpha value is -1.02. The maximum absolute atomic E-state index is 12.6. The molecule has 7 aliphatic rings. The zero-order valence-corrected chi connectivity index (χ0v) is 40.3. The van der Waals surface area contributed by atoms with Crippen molar-refractivity contribution in [2.45, 2.75) is 223 Å². The Labute approximate surface area is 393 Å². The smallest absolute Gasteiger partial charge is 0.187 e. The first-order valence-electron chi connectivity index (χ1n) is 24.5. The Kier molecular flexibility index (Phi) is 15.9. The van der Waals surface area contributed by atoms with Crippen LogP contribution in [0.2, 0.25) is 0 Å². The molecule has 3 heterocycles. The van der Waals surface area contributed by atoms with Gasteiger partial charge in [0.25, 0.3) is 0 Å². The first-order chi connectivity index (χ1) is 31.2. The number of aliphatic hydroxyl groups excluding tert-OH is 12. The van der Waals surface area contributed by atoms with Crippen LogP contribution in [0.5, 0.6) is 0 Å². The van der Waals surface area contributed by atoms with Crippen molar-refractivity contribution in [3.8, 4) is 0 Å². The number of hydrogen-bond acceptors (Lipinski definition) is 19. The number of rotatable bonds is 14. The van der Waals surface area contributed by atoms with Gasteiger partial charge in [-0.2, -0.15) is 0 Å². The van der Waals surface area contributed by atoms with Gasteiger partial charge in [0, 0.05) is 10.8 Å². The number of allylic oxidation sites excluding steroid dienone is 1. The summed E-state index contributed by atoms with van der Waals surface area (Å²) in [5.41, 5.74) is -1.60. The van der Waals surface area contributed by atoms with E-state index in [0.717, 1.165) is 25.7 Å². The third kappa shape index (κ3) is 9.24. The van der Waals surface area contributed by atoms with Gasteiger partial charge in [-0.05, 0) is 99.7 Å². The van der Waals surface area contributed by atoms with Gasteiger partial charge in [-0.15, -0.1) is 0 Å². The molecule has 0 radical (unpaired) electrons. The lowest BCUT2D eigenvalue weighted by Crippen LogP contribution is -2.65. The lowest BCUT2D eigenvalue weighted by molar-refractivity contribution is -0.341. The van der Waals surface area contributed by atoms with Gasteiger partial charge in [-0.3, -0.25) is 0 Å². The first kappa shape index (κ1) is 53.8. The lowest BCUT2D eigenvalue weighted by atomic mass is 9.38. The highest BCUT2D eigenvalue weighted by Crippen LogP contribution is 2.75. The van der Waals surface area contributed by atoms with E-state index in [2.05, 4.69) is 47.6 Å². The van der Waals surface area contributed by atoms with Gasteiger partial charge in [0.1, 0.15) is 73.2 Å². The summed E-state index contributed by atoms with van der Waals surface area (Å²) in [7, 11) is 0. The Bertz CT molecular complexity index is 1710. The molecule has 4 unspecified atom stereocenters. The predicted molar refractivity (Wildman–Crippen MR) is 235 cm³/mol. The lowest BCUT2D eigenvalue weighted by Gasteiger charge is -2.67. The highest BCUT2D eigenvalue weighted by atomic mass is 16.7. The van der Waals surface area contributed by atoms with Crippen molar-refractivity contribution in [3.05, 3.63) is 11.6 Å². The Morgan fingerprint density at radius 1 is 0.672 bits per heavy atom. The van der Waals surface area contributed by atoms with Crippen LogP contribution in [0.15, 0.2) is 11.6 Å². The van der Waals surface area contributed by atoms with Crippen LogP contribution in [0.4, 0.5) is 0 Å². The number of hydrogen-bond donors (Lipinski definition) is 13. The van der Waals surface area contributed by atoms with Crippen LogP contribution in [-0.4, -0.2) is 202 Å². The minimum atomic E-state index is -1.75. The van der Waals surface area contributed by atoms with E-state index in [4.69, 9.17) is 28.4 Å². The molecule has 25 atom stereocenters. The third-order valence-corrected chi connectivity index (χ3v) is 18.7. The van der Waals surface area contributed by atoms with Crippen LogP contribution < -0.4 is 0 Å². The molecule has 7 rings (SSSR count). The number of fused-ring (bicyclic) bond motifs is 5. The molecule has 0 aromatic carbocycles. The van der Waals surface area contributed by atoms with Gasteiger partial charge in [-0.25, -0.2) is 0 Å². The van der Waals surface area contributed by atoms with Crippen molar-refractivity contribution in [3.63, 3.8) is 0 Å². The van der Waals surface area contributed by atoms with Gasteiger partial charge in [0.05, 0.1) is 43.7 Å². The first-order valence-corrected chi connectivity index (χ1v) is 24.5. The van der Waals surface area contributed by atoms with Gasteiger partial charge in [0.2, 0.25) is 0 Å². The molecule has 13 N–H and O–H groups in total. The number of ether oxygens (including phenoxy) is 6. The summed E-state index contributed by atoms with van der Waals surface area (Å²) >= 11 is 0. The normalized spacial score (nSPS) is 51.0. The van der Waals surface area contributed by atoms with Gasteiger partial charge < -0.3 is 94.8 Å². The fourth-order valence-electron chi connectivity index (χ4n) is 14.2. The van der Waals surface area contributed by atoms with E-state index in [1.807, 2.05) is 0 Å². The fraction of sp³-hybridized carbons (Fsp3) is 0.958. The Morgan fingerprint density at radius 2 is 1.21 bits per heavy atom. The average molecular weight is 963 g/mol. The molecular weight excluding hydrogens is 881 g/mol. The molecule has 3 saturated heterocycles. The van der Waals surface area contributed by atoms with Crippen molar-refractivity contribution in [2.75, 3.05) is 19.8 Å². The molecule has 19 nitrogen and oxygen atoms in total. The second kappa shape index (κ2) is 19.8. The molecule has 0 bridgehead atoms. The quantitative estimate of drug-likeness (QED) is 0.0924. The minimum Gasteiger partial charge on any atom is -0.394 e. The highest BCUT2D eigenvalue weighted by molar-refractivity contribution is 5.32. The molecule has 3 saturated carbocycles. The highest BCUT2D eigenvalue weighted by Gasteiger charge is 2.70. The summed E-state index contributed by atoms with van der Waals surface area (Å²) < 4.78 is 35.3. The van der Waals surface area contributed by atoms with Crippen molar-refractivity contribution in [1.29, 1.82) is 0 Å². The fourth-order valence-corrected chi connectivity index (χ4v) is 14.2.